The zero-order valence-electron chi connectivity index (χ0n) is 9.14. The van der Waals surface area contributed by atoms with E-state index in [-0.39, 0.29) is 0 Å². The molecule has 0 fully saturated rings. The van der Waals surface area contributed by atoms with E-state index in [1.165, 1.54) is 0 Å². The number of hydrogen-bond donors (Lipinski definition) is 1. The van der Waals surface area contributed by atoms with Crippen LogP contribution in [0.25, 0.3) is 0 Å². The molecule has 0 spiro atoms. The first-order chi connectivity index (χ1) is 7.15. The molecule has 3 heteroatoms. The minimum Gasteiger partial charge on any atom is -0.496 e. The van der Waals surface area contributed by atoms with Crippen LogP contribution in [0.2, 0.25) is 5.02 Å². The third kappa shape index (κ3) is 3.57. The summed E-state index contributed by atoms with van der Waals surface area (Å²) >= 11 is 6.08. The Morgan fingerprint density at radius 3 is 2.87 bits per heavy atom. The monoisotopic (exact) mass is 225 g/mol. The second kappa shape index (κ2) is 5.79. The number of ether oxygens (including phenoxy) is 1. The summed E-state index contributed by atoms with van der Waals surface area (Å²) in [5.74, 6) is 0.816. The Hall–Kier alpha value is -0.990. The third-order valence-corrected chi connectivity index (χ3v) is 2.38. The van der Waals surface area contributed by atoms with Crippen molar-refractivity contribution in [1.82, 2.24) is 5.32 Å². The van der Waals surface area contributed by atoms with Gasteiger partial charge in [0.15, 0.2) is 0 Å². The number of nitrogens with one attached hydrogen (secondary N) is 1. The lowest BCUT2D eigenvalue weighted by atomic mass is 10.2. The predicted molar refractivity (Wildman–Crippen MR) is 64.5 cm³/mol. The van der Waals surface area contributed by atoms with Crippen LogP contribution in [0, 0.1) is 0 Å². The minimum absolute atomic E-state index is 0.690. The maximum atomic E-state index is 6.08. The van der Waals surface area contributed by atoms with Crippen molar-refractivity contribution in [1.29, 1.82) is 0 Å². The highest BCUT2D eigenvalue weighted by atomic mass is 35.5. The second-order valence-electron chi connectivity index (χ2n) is 3.48. The molecule has 0 saturated carbocycles. The molecule has 15 heavy (non-hydrogen) atoms. The molecule has 1 rings (SSSR count). The summed E-state index contributed by atoms with van der Waals surface area (Å²) < 4.78 is 5.24. The normalized spacial score (nSPS) is 10.1. The van der Waals surface area contributed by atoms with E-state index in [0.29, 0.717) is 6.54 Å². The SMILES string of the molecule is C=C(C)CNCc1c(Cl)cccc1OC. The Labute approximate surface area is 95.9 Å². The van der Waals surface area contributed by atoms with Crippen LogP contribution in [-0.2, 0) is 6.54 Å². The van der Waals surface area contributed by atoms with Gasteiger partial charge in [0.05, 0.1) is 7.11 Å². The van der Waals surface area contributed by atoms with Crippen LogP contribution in [0.3, 0.4) is 0 Å². The molecule has 1 N–H and O–H groups in total. The second-order valence-corrected chi connectivity index (χ2v) is 3.89. The molecule has 1 aromatic carbocycles. The fraction of sp³-hybridized carbons (Fsp3) is 0.333. The Kier molecular flexibility index (Phi) is 4.66. The van der Waals surface area contributed by atoms with Crippen LogP contribution < -0.4 is 10.1 Å². The van der Waals surface area contributed by atoms with Crippen LogP contribution in [0.4, 0.5) is 0 Å². The van der Waals surface area contributed by atoms with Gasteiger partial charge in [-0.25, -0.2) is 0 Å². The molecule has 0 heterocycles. The molecule has 0 saturated heterocycles. The van der Waals surface area contributed by atoms with Crippen molar-refractivity contribution in [2.75, 3.05) is 13.7 Å². The van der Waals surface area contributed by atoms with Gasteiger partial charge >= 0.3 is 0 Å². The number of rotatable bonds is 5. The van der Waals surface area contributed by atoms with Gasteiger partial charge in [0.1, 0.15) is 5.75 Å². The van der Waals surface area contributed by atoms with Crippen LogP contribution in [0.1, 0.15) is 12.5 Å². The Balaban J connectivity index is 2.70. The summed E-state index contributed by atoms with van der Waals surface area (Å²) in [4.78, 5) is 0. The molecule has 0 radical (unpaired) electrons. The molecule has 82 valence electrons. The highest BCUT2D eigenvalue weighted by Gasteiger charge is 2.06. The first-order valence-corrected chi connectivity index (χ1v) is 5.19. The summed E-state index contributed by atoms with van der Waals surface area (Å²) in [6.07, 6.45) is 0. The standard InChI is InChI=1S/C12H16ClNO/c1-9(2)7-14-8-10-11(13)5-4-6-12(10)15-3/h4-6,14H,1,7-8H2,2-3H3. The van der Waals surface area contributed by atoms with Gasteiger partial charge in [-0.3, -0.25) is 0 Å². The first-order valence-electron chi connectivity index (χ1n) is 4.81. The van der Waals surface area contributed by atoms with Gasteiger partial charge in [-0.2, -0.15) is 0 Å². The highest BCUT2D eigenvalue weighted by molar-refractivity contribution is 6.31. The first kappa shape index (κ1) is 12.1. The number of hydrogen-bond acceptors (Lipinski definition) is 2. The lowest BCUT2D eigenvalue weighted by Gasteiger charge is -2.11. The van der Waals surface area contributed by atoms with E-state index in [1.54, 1.807) is 7.11 Å². The topological polar surface area (TPSA) is 21.3 Å². The van der Waals surface area contributed by atoms with Gasteiger partial charge in [0.25, 0.3) is 0 Å². The van der Waals surface area contributed by atoms with Crippen molar-refractivity contribution in [2.45, 2.75) is 13.5 Å². The van der Waals surface area contributed by atoms with Gasteiger partial charge < -0.3 is 10.1 Å². The molecule has 2 nitrogen and oxygen atoms in total. The van der Waals surface area contributed by atoms with Crippen molar-refractivity contribution < 1.29 is 4.74 Å². The largest absolute Gasteiger partial charge is 0.496 e. The van der Waals surface area contributed by atoms with Gasteiger partial charge in [0, 0.05) is 23.7 Å². The van der Waals surface area contributed by atoms with Crippen molar-refractivity contribution in [3.63, 3.8) is 0 Å². The van der Waals surface area contributed by atoms with Crippen LogP contribution >= 0.6 is 11.6 Å². The molecule has 0 bridgehead atoms. The molecule has 0 unspecified atom stereocenters. The summed E-state index contributed by atoms with van der Waals surface area (Å²) in [7, 11) is 1.65. The Morgan fingerprint density at radius 1 is 1.53 bits per heavy atom. The van der Waals surface area contributed by atoms with Crippen LogP contribution in [0.5, 0.6) is 5.75 Å². The average Bonchev–Trinajstić information content (AvgIpc) is 2.20. The summed E-state index contributed by atoms with van der Waals surface area (Å²) in [6, 6.07) is 5.65. The molecule has 0 aromatic heterocycles. The van der Waals surface area contributed by atoms with Gasteiger partial charge in [0.2, 0.25) is 0 Å². The predicted octanol–water partition coefficient (Wildman–Crippen LogP) is 3.01. The number of methoxy groups -OCH3 is 1. The van der Waals surface area contributed by atoms with Crippen molar-refractivity contribution in [2.24, 2.45) is 0 Å². The molecule has 0 aliphatic rings. The molecular weight excluding hydrogens is 210 g/mol. The smallest absolute Gasteiger partial charge is 0.124 e. The summed E-state index contributed by atoms with van der Waals surface area (Å²) in [5.41, 5.74) is 2.09. The quantitative estimate of drug-likeness (QED) is 0.778. The zero-order chi connectivity index (χ0) is 11.3. The van der Waals surface area contributed by atoms with E-state index in [9.17, 15) is 0 Å². The molecular formula is C12H16ClNO. The van der Waals surface area contributed by atoms with Gasteiger partial charge in [-0.1, -0.05) is 29.8 Å². The lowest BCUT2D eigenvalue weighted by Crippen LogP contribution is -2.16. The van der Waals surface area contributed by atoms with Crippen molar-refractivity contribution in [3.05, 3.63) is 40.9 Å². The Morgan fingerprint density at radius 2 is 2.27 bits per heavy atom. The van der Waals surface area contributed by atoms with Crippen LogP contribution in [-0.4, -0.2) is 13.7 Å². The highest BCUT2D eigenvalue weighted by Crippen LogP contribution is 2.25. The van der Waals surface area contributed by atoms with E-state index in [1.807, 2.05) is 25.1 Å². The summed E-state index contributed by atoms with van der Waals surface area (Å²) in [5, 5.41) is 3.98. The maximum Gasteiger partial charge on any atom is 0.124 e. The molecule has 0 aliphatic heterocycles. The zero-order valence-corrected chi connectivity index (χ0v) is 9.90. The lowest BCUT2D eigenvalue weighted by molar-refractivity contribution is 0.408. The van der Waals surface area contributed by atoms with Gasteiger partial charge in [-0.15, -0.1) is 0 Å². The van der Waals surface area contributed by atoms with Crippen molar-refractivity contribution in [3.8, 4) is 5.75 Å². The average molecular weight is 226 g/mol. The van der Waals surface area contributed by atoms with Crippen LogP contribution in [0.15, 0.2) is 30.4 Å². The molecule has 1 aromatic rings. The number of halogens is 1. The van der Waals surface area contributed by atoms with Gasteiger partial charge in [-0.05, 0) is 19.1 Å². The molecule has 0 aliphatic carbocycles. The van der Waals surface area contributed by atoms with Crippen molar-refractivity contribution >= 4 is 11.6 Å². The third-order valence-electron chi connectivity index (χ3n) is 2.02. The summed E-state index contributed by atoms with van der Waals surface area (Å²) in [6.45, 7) is 7.28. The molecule has 0 amide bonds. The minimum atomic E-state index is 0.690. The fourth-order valence-electron chi connectivity index (χ4n) is 1.30. The van der Waals surface area contributed by atoms with E-state index < -0.39 is 0 Å². The maximum absolute atomic E-state index is 6.08. The van der Waals surface area contributed by atoms with E-state index >= 15 is 0 Å². The molecule has 0 atom stereocenters. The van der Waals surface area contributed by atoms with E-state index in [4.69, 9.17) is 16.3 Å². The fourth-order valence-corrected chi connectivity index (χ4v) is 1.54. The van der Waals surface area contributed by atoms with E-state index in [0.717, 1.165) is 28.5 Å². The number of benzene rings is 1. The van der Waals surface area contributed by atoms with E-state index in [2.05, 4.69) is 11.9 Å². The Bertz CT molecular complexity index is 349.